The maximum Gasteiger partial charge on any atom is 0.137 e. The second-order valence-corrected chi connectivity index (χ2v) is 9.74. The smallest absolute Gasteiger partial charge is 0.137 e. The van der Waals surface area contributed by atoms with E-state index in [9.17, 15) is 13.9 Å². The van der Waals surface area contributed by atoms with Crippen LogP contribution in [0.1, 0.15) is 11.3 Å². The maximum absolute atomic E-state index is 14.0. The monoisotopic (exact) mass is 514 g/mol. The number of aromatic nitrogens is 3. The van der Waals surface area contributed by atoms with Gasteiger partial charge in [0.1, 0.15) is 29.7 Å². The molecule has 0 radical (unpaired) electrons. The Morgan fingerprint density at radius 2 is 1.68 bits per heavy atom. The lowest BCUT2D eigenvalue weighted by molar-refractivity contribution is 0.0552. The summed E-state index contributed by atoms with van der Waals surface area (Å²) in [5, 5.41) is 19.3. The molecule has 0 bridgehead atoms. The number of piperazine rings is 1. The van der Waals surface area contributed by atoms with Gasteiger partial charge in [0, 0.05) is 50.0 Å². The molecule has 9 heteroatoms. The molecule has 2 aliphatic heterocycles. The summed E-state index contributed by atoms with van der Waals surface area (Å²) in [6.07, 6.45) is 9.74. The summed E-state index contributed by atoms with van der Waals surface area (Å²) in [5.41, 5.74) is 3.66. The molecular weight excluding hydrogens is 486 g/mol. The van der Waals surface area contributed by atoms with Crippen LogP contribution < -0.4 is 5.32 Å². The number of rotatable bonds is 5. The van der Waals surface area contributed by atoms with E-state index in [-0.39, 0.29) is 6.73 Å². The zero-order valence-corrected chi connectivity index (χ0v) is 21.0. The van der Waals surface area contributed by atoms with E-state index in [2.05, 4.69) is 33.2 Å². The van der Waals surface area contributed by atoms with Crippen LogP contribution in [0.5, 0.6) is 0 Å². The highest BCUT2D eigenvalue weighted by Gasteiger charge is 2.40. The molecule has 0 saturated carbocycles. The highest BCUT2D eigenvalue weighted by Crippen LogP contribution is 2.36. The Kier molecular flexibility index (Phi) is 6.27. The summed E-state index contributed by atoms with van der Waals surface area (Å²) in [6.45, 7) is 3.31. The maximum atomic E-state index is 14.0. The molecular formula is C29H28F2N6O. The summed E-state index contributed by atoms with van der Waals surface area (Å²) in [7, 11) is 2.13. The molecule has 2 aromatic heterocycles. The van der Waals surface area contributed by atoms with E-state index < -0.39 is 17.3 Å². The van der Waals surface area contributed by atoms with Crippen LogP contribution in [0, 0.1) is 11.6 Å². The van der Waals surface area contributed by atoms with E-state index in [0.717, 1.165) is 54.4 Å². The van der Waals surface area contributed by atoms with Gasteiger partial charge in [-0.05, 0) is 72.3 Å². The third kappa shape index (κ3) is 4.28. The van der Waals surface area contributed by atoms with Gasteiger partial charge in [-0.25, -0.2) is 13.5 Å². The minimum Gasteiger partial charge on any atom is -0.374 e. The number of likely N-dealkylation sites (N-methyl/N-ethyl adjacent to an activating group) is 1. The fraction of sp³-hybridized carbons (Fsp3) is 0.241. The third-order valence-electron chi connectivity index (χ3n) is 7.38. The van der Waals surface area contributed by atoms with Crippen molar-refractivity contribution < 1.29 is 13.9 Å². The minimum atomic E-state index is -0.637. The van der Waals surface area contributed by atoms with Crippen LogP contribution in [-0.2, 0) is 12.4 Å². The minimum absolute atomic E-state index is 0.304. The van der Waals surface area contributed by atoms with Crippen molar-refractivity contribution in [2.45, 2.75) is 12.4 Å². The number of halogens is 2. The fourth-order valence-corrected chi connectivity index (χ4v) is 5.40. The molecule has 2 N–H and O–H groups in total. The zero-order chi connectivity index (χ0) is 26.3. The van der Waals surface area contributed by atoms with Crippen LogP contribution in [0.15, 0.2) is 79.2 Å². The number of fused-ring (bicyclic) bond motifs is 1. The van der Waals surface area contributed by atoms with E-state index in [0.29, 0.717) is 16.8 Å². The molecule has 2 aromatic carbocycles. The molecule has 1 saturated heterocycles. The number of aliphatic hydroxyl groups excluding tert-OH is 1. The number of hydrogen-bond donors (Lipinski definition) is 2. The summed E-state index contributed by atoms with van der Waals surface area (Å²) >= 11 is 0. The lowest BCUT2D eigenvalue weighted by atomic mass is 9.93. The SMILES string of the molecule is CN1CCN(C2(c3ccncc3)C=CC=C(c3nn(CO)c4ccc(-c5cc(F)cc(F)c5)cc34)N2)CC1. The first kappa shape index (κ1) is 24.4. The molecule has 0 amide bonds. The quantitative estimate of drug-likeness (QED) is 0.421. The molecule has 0 spiro atoms. The number of aliphatic hydroxyl groups is 1. The molecule has 6 rings (SSSR count). The predicted octanol–water partition coefficient (Wildman–Crippen LogP) is 3.93. The van der Waals surface area contributed by atoms with E-state index in [4.69, 9.17) is 5.10 Å². The molecule has 0 aliphatic carbocycles. The molecule has 1 unspecified atom stereocenters. The van der Waals surface area contributed by atoms with Gasteiger partial charge in [-0.1, -0.05) is 12.1 Å². The summed E-state index contributed by atoms with van der Waals surface area (Å²) in [4.78, 5) is 8.95. The van der Waals surface area contributed by atoms with Crippen molar-refractivity contribution in [2.24, 2.45) is 0 Å². The van der Waals surface area contributed by atoms with Crippen molar-refractivity contribution in [2.75, 3.05) is 33.2 Å². The summed E-state index contributed by atoms with van der Waals surface area (Å²) in [6, 6.07) is 13.0. The molecule has 2 aliphatic rings. The second kappa shape index (κ2) is 9.75. The van der Waals surface area contributed by atoms with E-state index >= 15 is 0 Å². The molecule has 4 heterocycles. The van der Waals surface area contributed by atoms with E-state index in [1.807, 2.05) is 36.4 Å². The Labute approximate surface area is 219 Å². The lowest BCUT2D eigenvalue weighted by Crippen LogP contribution is -2.60. The van der Waals surface area contributed by atoms with Crippen molar-refractivity contribution in [3.8, 4) is 11.1 Å². The van der Waals surface area contributed by atoms with Crippen LogP contribution in [0.3, 0.4) is 0 Å². The Morgan fingerprint density at radius 3 is 2.39 bits per heavy atom. The Morgan fingerprint density at radius 1 is 0.947 bits per heavy atom. The average molecular weight is 515 g/mol. The molecule has 4 aromatic rings. The zero-order valence-electron chi connectivity index (χ0n) is 21.0. The van der Waals surface area contributed by atoms with Crippen molar-refractivity contribution in [1.29, 1.82) is 0 Å². The van der Waals surface area contributed by atoms with Crippen LogP contribution in [0.2, 0.25) is 0 Å². The topological polar surface area (TPSA) is 69.5 Å². The predicted molar refractivity (Wildman–Crippen MR) is 143 cm³/mol. The van der Waals surface area contributed by atoms with Crippen LogP contribution in [0.25, 0.3) is 27.7 Å². The number of pyridine rings is 1. The molecule has 1 atom stereocenters. The first-order valence-electron chi connectivity index (χ1n) is 12.6. The summed E-state index contributed by atoms with van der Waals surface area (Å²) in [5.74, 6) is -1.27. The van der Waals surface area contributed by atoms with Gasteiger partial charge in [-0.3, -0.25) is 9.88 Å². The third-order valence-corrected chi connectivity index (χ3v) is 7.38. The standard InChI is InChI=1S/C29H28F2N6O/c1-35-11-13-36(14-12-35)29(22-6-9-32-10-7-22)8-2-3-26(33-29)28-25-17-20(4-5-27(25)37(19-38)34-28)21-15-23(30)18-24(31)16-21/h2-10,15-18,33,38H,11-14,19H2,1H3. The van der Waals surface area contributed by atoms with Crippen molar-refractivity contribution in [1.82, 2.24) is 29.9 Å². The van der Waals surface area contributed by atoms with Crippen LogP contribution in [-0.4, -0.2) is 62.9 Å². The molecule has 38 heavy (non-hydrogen) atoms. The van der Waals surface area contributed by atoms with Gasteiger partial charge < -0.3 is 15.3 Å². The van der Waals surface area contributed by atoms with E-state index in [1.54, 1.807) is 18.5 Å². The largest absolute Gasteiger partial charge is 0.374 e. The first-order valence-corrected chi connectivity index (χ1v) is 12.6. The van der Waals surface area contributed by atoms with Gasteiger partial charge in [0.25, 0.3) is 0 Å². The highest BCUT2D eigenvalue weighted by atomic mass is 19.1. The fourth-order valence-electron chi connectivity index (χ4n) is 5.40. The number of nitrogens with one attached hydrogen (secondary N) is 1. The van der Waals surface area contributed by atoms with Crippen molar-refractivity contribution in [3.05, 3.63) is 102 Å². The van der Waals surface area contributed by atoms with E-state index in [1.165, 1.54) is 16.8 Å². The molecule has 7 nitrogen and oxygen atoms in total. The molecule has 1 fully saturated rings. The van der Waals surface area contributed by atoms with Crippen LogP contribution in [0.4, 0.5) is 8.78 Å². The normalized spacial score (nSPS) is 20.5. The second-order valence-electron chi connectivity index (χ2n) is 9.74. The van der Waals surface area contributed by atoms with Crippen molar-refractivity contribution in [3.63, 3.8) is 0 Å². The van der Waals surface area contributed by atoms with Gasteiger partial charge in [-0.15, -0.1) is 0 Å². The summed E-state index contributed by atoms with van der Waals surface area (Å²) < 4.78 is 29.5. The Hall–Kier alpha value is -3.92. The average Bonchev–Trinajstić information content (AvgIpc) is 3.31. The van der Waals surface area contributed by atoms with Gasteiger partial charge in [-0.2, -0.15) is 5.10 Å². The number of benzene rings is 2. The van der Waals surface area contributed by atoms with Gasteiger partial charge in [0.15, 0.2) is 0 Å². The Bertz CT molecular complexity index is 1520. The number of allylic oxidation sites excluding steroid dienone is 2. The lowest BCUT2D eigenvalue weighted by Gasteiger charge is -2.48. The van der Waals surface area contributed by atoms with Gasteiger partial charge in [0.05, 0.1) is 11.2 Å². The number of nitrogens with zero attached hydrogens (tertiary/aromatic N) is 5. The number of hydrogen-bond acceptors (Lipinski definition) is 6. The number of dihydropyridines is 1. The Balaban J connectivity index is 1.46. The van der Waals surface area contributed by atoms with Crippen molar-refractivity contribution >= 4 is 16.6 Å². The van der Waals surface area contributed by atoms with Gasteiger partial charge in [0.2, 0.25) is 0 Å². The molecule has 194 valence electrons. The first-order chi connectivity index (χ1) is 18.5. The highest BCUT2D eigenvalue weighted by molar-refractivity contribution is 5.94. The van der Waals surface area contributed by atoms with Gasteiger partial charge >= 0.3 is 0 Å². The van der Waals surface area contributed by atoms with Crippen LogP contribution >= 0.6 is 0 Å².